The Hall–Kier alpha value is -1.09. The molecule has 1 aromatic rings. The molecule has 0 spiro atoms. The maximum atomic E-state index is 13.9. The molecule has 1 fully saturated rings. The van der Waals surface area contributed by atoms with Gasteiger partial charge < -0.3 is 10.1 Å². The maximum Gasteiger partial charge on any atom is 0.130 e. The number of aryl methyl sites for hydroxylation is 1. The van der Waals surface area contributed by atoms with Crippen LogP contribution in [0.15, 0.2) is 12.1 Å². The quantitative estimate of drug-likeness (QED) is 0.785. The number of ether oxygens (including phenoxy) is 1. The van der Waals surface area contributed by atoms with Gasteiger partial charge in [-0.1, -0.05) is 6.07 Å². The normalized spacial score (nSPS) is 23.9. The first-order valence-corrected chi connectivity index (χ1v) is 6.01. The topological polar surface area (TPSA) is 21.3 Å². The van der Waals surface area contributed by atoms with Crippen molar-refractivity contribution in [1.29, 1.82) is 0 Å². The van der Waals surface area contributed by atoms with Crippen molar-refractivity contribution < 1.29 is 9.13 Å². The van der Waals surface area contributed by atoms with Crippen molar-refractivity contribution in [2.75, 3.05) is 19.7 Å². The maximum absolute atomic E-state index is 13.9. The van der Waals surface area contributed by atoms with Gasteiger partial charge in [-0.15, -0.1) is 0 Å². The summed E-state index contributed by atoms with van der Waals surface area (Å²) in [4.78, 5) is 0. The molecule has 0 amide bonds. The Morgan fingerprint density at radius 1 is 1.38 bits per heavy atom. The molecule has 0 aliphatic carbocycles. The van der Waals surface area contributed by atoms with Crippen molar-refractivity contribution in [2.45, 2.75) is 25.2 Å². The Kier molecular flexibility index (Phi) is 2.56. The van der Waals surface area contributed by atoms with Gasteiger partial charge in [0.25, 0.3) is 0 Å². The second-order valence-corrected chi connectivity index (χ2v) is 4.59. The molecular weight excluding hydrogens is 205 g/mol. The summed E-state index contributed by atoms with van der Waals surface area (Å²) in [5.74, 6) is 1.02. The van der Waals surface area contributed by atoms with E-state index >= 15 is 0 Å². The zero-order chi connectivity index (χ0) is 11.0. The van der Waals surface area contributed by atoms with E-state index < -0.39 is 0 Å². The Bertz CT molecular complexity index is 399. The van der Waals surface area contributed by atoms with Gasteiger partial charge in [0.2, 0.25) is 0 Å². The first-order chi connectivity index (χ1) is 7.86. The zero-order valence-corrected chi connectivity index (χ0v) is 9.26. The van der Waals surface area contributed by atoms with Crippen LogP contribution in [0.2, 0.25) is 0 Å². The number of hydrogen-bond acceptors (Lipinski definition) is 2. The molecule has 86 valence electrons. The van der Waals surface area contributed by atoms with Crippen molar-refractivity contribution in [1.82, 2.24) is 5.32 Å². The molecule has 16 heavy (non-hydrogen) atoms. The Labute approximate surface area is 94.8 Å². The lowest BCUT2D eigenvalue weighted by atomic mass is 9.92. The van der Waals surface area contributed by atoms with E-state index in [-0.39, 0.29) is 11.7 Å². The number of hydrogen-bond donors (Lipinski definition) is 1. The average Bonchev–Trinajstić information content (AvgIpc) is 2.82. The Balaban J connectivity index is 2.06. The van der Waals surface area contributed by atoms with Crippen molar-refractivity contribution in [3.63, 3.8) is 0 Å². The van der Waals surface area contributed by atoms with Crippen LogP contribution < -0.4 is 10.1 Å². The average molecular weight is 221 g/mol. The lowest BCUT2D eigenvalue weighted by Crippen LogP contribution is -2.15. The molecule has 1 atom stereocenters. The van der Waals surface area contributed by atoms with Crippen LogP contribution in [-0.4, -0.2) is 19.7 Å². The lowest BCUT2D eigenvalue weighted by Gasteiger charge is -2.23. The van der Waals surface area contributed by atoms with Crippen LogP contribution in [0, 0.1) is 5.82 Å². The summed E-state index contributed by atoms with van der Waals surface area (Å²) in [6.07, 6.45) is 3.07. The lowest BCUT2D eigenvalue weighted by molar-refractivity contribution is 0.281. The summed E-state index contributed by atoms with van der Waals surface area (Å²) >= 11 is 0. The molecular formula is C13H16FNO. The van der Waals surface area contributed by atoms with E-state index in [2.05, 4.69) is 5.32 Å². The summed E-state index contributed by atoms with van der Waals surface area (Å²) in [5, 5.41) is 3.28. The summed E-state index contributed by atoms with van der Waals surface area (Å²) in [6, 6.07) is 3.47. The van der Waals surface area contributed by atoms with Crippen LogP contribution in [0.5, 0.6) is 5.75 Å². The van der Waals surface area contributed by atoms with E-state index in [1.807, 2.05) is 6.07 Å². The summed E-state index contributed by atoms with van der Waals surface area (Å²) in [7, 11) is 0. The van der Waals surface area contributed by atoms with E-state index in [4.69, 9.17) is 4.74 Å². The highest BCUT2D eigenvalue weighted by molar-refractivity contribution is 5.46. The smallest absolute Gasteiger partial charge is 0.130 e. The van der Waals surface area contributed by atoms with E-state index in [9.17, 15) is 4.39 Å². The number of fused-ring (bicyclic) bond motifs is 1. The van der Waals surface area contributed by atoms with E-state index in [0.717, 1.165) is 50.3 Å². The molecule has 3 rings (SSSR count). The highest BCUT2D eigenvalue weighted by Crippen LogP contribution is 2.37. The minimum Gasteiger partial charge on any atom is -0.493 e. The van der Waals surface area contributed by atoms with Gasteiger partial charge in [0, 0.05) is 18.0 Å². The molecule has 1 aromatic carbocycles. The van der Waals surface area contributed by atoms with Crippen molar-refractivity contribution >= 4 is 0 Å². The highest BCUT2D eigenvalue weighted by Gasteiger charge is 2.26. The Morgan fingerprint density at radius 3 is 3.12 bits per heavy atom. The second kappa shape index (κ2) is 4.06. The Morgan fingerprint density at radius 2 is 2.31 bits per heavy atom. The standard InChI is InChI=1S/C13H16FNO/c14-11-4-3-9-2-1-7-16-13(9)12(11)10-5-6-15-8-10/h3-4,10,15H,1-2,5-8H2. The van der Waals surface area contributed by atoms with Crippen LogP contribution in [0.4, 0.5) is 4.39 Å². The molecule has 0 radical (unpaired) electrons. The largest absolute Gasteiger partial charge is 0.493 e. The summed E-state index contributed by atoms with van der Waals surface area (Å²) in [6.45, 7) is 2.58. The van der Waals surface area contributed by atoms with Gasteiger partial charge in [0.05, 0.1) is 6.61 Å². The molecule has 2 aliphatic rings. The zero-order valence-electron chi connectivity index (χ0n) is 9.26. The van der Waals surface area contributed by atoms with Gasteiger partial charge in [-0.25, -0.2) is 4.39 Å². The fourth-order valence-electron chi connectivity index (χ4n) is 2.71. The van der Waals surface area contributed by atoms with Crippen molar-refractivity contribution in [3.05, 3.63) is 29.1 Å². The minimum atomic E-state index is -0.102. The van der Waals surface area contributed by atoms with E-state index in [1.165, 1.54) is 5.56 Å². The monoisotopic (exact) mass is 221 g/mol. The summed E-state index contributed by atoms with van der Waals surface area (Å²) in [5.41, 5.74) is 1.98. The van der Waals surface area contributed by atoms with Gasteiger partial charge in [-0.3, -0.25) is 0 Å². The van der Waals surface area contributed by atoms with E-state index in [0.29, 0.717) is 0 Å². The number of benzene rings is 1. The van der Waals surface area contributed by atoms with Crippen LogP contribution in [0.25, 0.3) is 0 Å². The number of rotatable bonds is 1. The van der Waals surface area contributed by atoms with Crippen LogP contribution in [0.3, 0.4) is 0 Å². The molecule has 2 aliphatic heterocycles. The van der Waals surface area contributed by atoms with Gasteiger partial charge in [-0.2, -0.15) is 0 Å². The van der Waals surface area contributed by atoms with Gasteiger partial charge in [0.1, 0.15) is 11.6 Å². The summed E-state index contributed by atoms with van der Waals surface area (Å²) < 4.78 is 19.6. The SMILES string of the molecule is Fc1ccc2c(c1C1CCNC1)OCCC2. The first-order valence-electron chi connectivity index (χ1n) is 6.01. The third-order valence-corrected chi connectivity index (χ3v) is 3.53. The second-order valence-electron chi connectivity index (χ2n) is 4.59. The van der Waals surface area contributed by atoms with Crippen LogP contribution in [-0.2, 0) is 6.42 Å². The predicted molar refractivity (Wildman–Crippen MR) is 60.4 cm³/mol. The molecule has 1 unspecified atom stereocenters. The van der Waals surface area contributed by atoms with E-state index in [1.54, 1.807) is 6.07 Å². The molecule has 1 N–H and O–H groups in total. The molecule has 2 nitrogen and oxygen atoms in total. The third kappa shape index (κ3) is 1.59. The fourth-order valence-corrected chi connectivity index (χ4v) is 2.71. The number of nitrogens with one attached hydrogen (secondary N) is 1. The van der Waals surface area contributed by atoms with Gasteiger partial charge in [-0.05, 0) is 37.4 Å². The fraction of sp³-hybridized carbons (Fsp3) is 0.538. The third-order valence-electron chi connectivity index (χ3n) is 3.53. The molecule has 0 bridgehead atoms. The predicted octanol–water partition coefficient (Wildman–Crippen LogP) is 2.23. The van der Waals surface area contributed by atoms with Crippen LogP contribution >= 0.6 is 0 Å². The van der Waals surface area contributed by atoms with Crippen LogP contribution in [0.1, 0.15) is 29.9 Å². The van der Waals surface area contributed by atoms with Gasteiger partial charge in [0.15, 0.2) is 0 Å². The molecule has 0 aromatic heterocycles. The number of halogens is 1. The molecule has 0 saturated carbocycles. The minimum absolute atomic E-state index is 0.102. The highest BCUT2D eigenvalue weighted by atomic mass is 19.1. The van der Waals surface area contributed by atoms with Gasteiger partial charge >= 0.3 is 0 Å². The first kappa shape index (κ1) is 10.1. The molecule has 1 saturated heterocycles. The molecule has 3 heteroatoms. The van der Waals surface area contributed by atoms with Crippen molar-refractivity contribution in [2.24, 2.45) is 0 Å². The van der Waals surface area contributed by atoms with Crippen molar-refractivity contribution in [3.8, 4) is 5.75 Å². The molecule has 2 heterocycles.